The first kappa shape index (κ1) is 20.1. The molecule has 0 spiro atoms. The number of aromatic nitrogens is 2. The highest BCUT2D eigenvalue weighted by molar-refractivity contribution is 5.76. The van der Waals surface area contributed by atoms with E-state index in [0.717, 1.165) is 31.7 Å². The molecule has 0 aliphatic carbocycles. The number of methoxy groups -OCH3 is 1. The molecule has 0 radical (unpaired) electrons. The highest BCUT2D eigenvalue weighted by Crippen LogP contribution is 2.31. The third-order valence-corrected chi connectivity index (χ3v) is 4.94. The Bertz CT molecular complexity index is 784. The van der Waals surface area contributed by atoms with Gasteiger partial charge in [0.25, 0.3) is 0 Å². The molecule has 1 amide bonds. The summed E-state index contributed by atoms with van der Waals surface area (Å²) in [6.07, 6.45) is 1.80. The van der Waals surface area contributed by atoms with E-state index >= 15 is 0 Å². The average molecular weight is 389 g/mol. The number of likely N-dealkylation sites (N-methyl/N-ethyl adjacent to an activating group) is 1. The first-order valence-electron chi connectivity index (χ1n) is 9.83. The predicted octanol–water partition coefficient (Wildman–Crippen LogP) is 0.824. The molecule has 1 aliphatic rings. The van der Waals surface area contributed by atoms with Gasteiger partial charge in [-0.3, -0.25) is 4.79 Å². The van der Waals surface area contributed by atoms with Crippen LogP contribution in [0.4, 0.5) is 0 Å². The van der Waals surface area contributed by atoms with Crippen molar-refractivity contribution in [1.82, 2.24) is 15.0 Å². The molecular weight excluding hydrogens is 360 g/mol. The molecule has 1 fully saturated rings. The zero-order chi connectivity index (χ0) is 19.9. The summed E-state index contributed by atoms with van der Waals surface area (Å²) in [4.78, 5) is 20.2. The van der Waals surface area contributed by atoms with E-state index in [1.165, 1.54) is 4.90 Å². The van der Waals surface area contributed by atoms with Crippen molar-refractivity contribution in [3.63, 3.8) is 0 Å². The topological polar surface area (TPSA) is 82.1 Å². The molecule has 0 bridgehead atoms. The van der Waals surface area contributed by atoms with Crippen LogP contribution in [-0.2, 0) is 11.2 Å². The highest BCUT2D eigenvalue weighted by atomic mass is 16.5. The molecule has 1 aromatic carbocycles. The van der Waals surface area contributed by atoms with Crippen LogP contribution in [0.1, 0.15) is 25.7 Å². The van der Waals surface area contributed by atoms with Crippen molar-refractivity contribution >= 4 is 5.91 Å². The Morgan fingerprint density at radius 3 is 2.79 bits per heavy atom. The maximum absolute atomic E-state index is 12.3. The van der Waals surface area contributed by atoms with Crippen LogP contribution in [0, 0.1) is 0 Å². The molecular formula is C20H29N4O4+. The van der Waals surface area contributed by atoms with Gasteiger partial charge in [0.15, 0.2) is 11.5 Å². The van der Waals surface area contributed by atoms with Gasteiger partial charge in [-0.15, -0.1) is 0 Å². The second-order valence-corrected chi connectivity index (χ2v) is 7.00. The molecule has 0 unspecified atom stereocenters. The Labute approximate surface area is 165 Å². The molecule has 152 valence electrons. The summed E-state index contributed by atoms with van der Waals surface area (Å²) in [6, 6.07) is 5.54. The lowest BCUT2D eigenvalue weighted by Crippen LogP contribution is -3.12. The Kier molecular flexibility index (Phi) is 6.86. The third kappa shape index (κ3) is 5.01. The van der Waals surface area contributed by atoms with Crippen molar-refractivity contribution < 1.29 is 23.7 Å². The fourth-order valence-corrected chi connectivity index (χ4v) is 3.24. The van der Waals surface area contributed by atoms with E-state index in [9.17, 15) is 4.79 Å². The third-order valence-electron chi connectivity index (χ3n) is 4.94. The molecule has 2 aromatic rings. The number of carbonyl (C=O) groups excluding carboxylic acids is 1. The predicted molar refractivity (Wildman–Crippen MR) is 104 cm³/mol. The summed E-state index contributed by atoms with van der Waals surface area (Å²) in [5, 5.41) is 4.06. The van der Waals surface area contributed by atoms with E-state index in [1.807, 2.05) is 30.0 Å². The van der Waals surface area contributed by atoms with Gasteiger partial charge in [0, 0.05) is 18.4 Å². The minimum Gasteiger partial charge on any atom is -0.493 e. The van der Waals surface area contributed by atoms with Crippen LogP contribution in [0.3, 0.4) is 0 Å². The molecule has 1 aliphatic heterocycles. The minimum absolute atomic E-state index is 0.212. The van der Waals surface area contributed by atoms with Gasteiger partial charge in [0.05, 0.1) is 46.9 Å². The Morgan fingerprint density at radius 1 is 1.29 bits per heavy atom. The van der Waals surface area contributed by atoms with Gasteiger partial charge in [-0.2, -0.15) is 4.98 Å². The van der Waals surface area contributed by atoms with Crippen LogP contribution >= 0.6 is 0 Å². The molecule has 1 aromatic heterocycles. The fraction of sp³-hybridized carbons (Fsp3) is 0.550. The first-order valence-corrected chi connectivity index (χ1v) is 9.83. The molecule has 2 heterocycles. The van der Waals surface area contributed by atoms with Crippen molar-refractivity contribution in [3.8, 4) is 22.9 Å². The lowest BCUT2D eigenvalue weighted by atomic mass is 10.2. The highest BCUT2D eigenvalue weighted by Gasteiger charge is 2.21. The quantitative estimate of drug-likeness (QED) is 0.720. The van der Waals surface area contributed by atoms with E-state index in [2.05, 4.69) is 17.2 Å². The molecule has 3 rings (SSSR count). The number of aryl methyl sites for hydroxylation is 1. The van der Waals surface area contributed by atoms with Crippen molar-refractivity contribution in [2.24, 2.45) is 0 Å². The van der Waals surface area contributed by atoms with Crippen LogP contribution in [0.2, 0.25) is 0 Å². The summed E-state index contributed by atoms with van der Waals surface area (Å²) in [5.41, 5.74) is 0.801. The number of hydrogen-bond donors (Lipinski definition) is 1. The van der Waals surface area contributed by atoms with Gasteiger partial charge in [-0.05, 0) is 31.5 Å². The van der Waals surface area contributed by atoms with E-state index < -0.39 is 0 Å². The molecule has 0 atom stereocenters. The number of piperazine rings is 1. The fourth-order valence-electron chi connectivity index (χ4n) is 3.24. The van der Waals surface area contributed by atoms with E-state index in [4.69, 9.17) is 14.0 Å². The number of quaternary nitrogens is 1. The Morgan fingerprint density at radius 2 is 2.07 bits per heavy atom. The zero-order valence-corrected chi connectivity index (χ0v) is 16.9. The largest absolute Gasteiger partial charge is 0.493 e. The van der Waals surface area contributed by atoms with E-state index in [0.29, 0.717) is 49.1 Å². The molecule has 8 heteroatoms. The second-order valence-electron chi connectivity index (χ2n) is 7.00. The molecule has 1 saturated heterocycles. The number of carbonyl (C=O) groups is 1. The van der Waals surface area contributed by atoms with Crippen LogP contribution in [0.5, 0.6) is 11.5 Å². The number of nitrogens with zero attached hydrogens (tertiary/aromatic N) is 3. The molecule has 8 nitrogen and oxygen atoms in total. The first-order chi connectivity index (χ1) is 13.6. The van der Waals surface area contributed by atoms with Crippen LogP contribution in [0.15, 0.2) is 22.7 Å². The molecule has 1 N–H and O–H groups in total. The van der Waals surface area contributed by atoms with Crippen molar-refractivity contribution in [3.05, 3.63) is 24.1 Å². The second kappa shape index (κ2) is 9.54. The smallest absolute Gasteiger partial charge is 0.226 e. The van der Waals surface area contributed by atoms with Gasteiger partial charge < -0.3 is 23.8 Å². The monoisotopic (exact) mass is 389 g/mol. The van der Waals surface area contributed by atoms with Gasteiger partial charge in [0.1, 0.15) is 0 Å². The maximum Gasteiger partial charge on any atom is 0.226 e. The normalized spacial score (nSPS) is 14.9. The number of amides is 1. The number of ether oxygens (including phenoxy) is 2. The Hall–Kier alpha value is -2.61. The van der Waals surface area contributed by atoms with Gasteiger partial charge >= 0.3 is 0 Å². The zero-order valence-electron chi connectivity index (χ0n) is 16.9. The van der Waals surface area contributed by atoms with Gasteiger partial charge in [0.2, 0.25) is 17.6 Å². The Balaban J connectivity index is 1.54. The summed E-state index contributed by atoms with van der Waals surface area (Å²) < 4.78 is 16.3. The lowest BCUT2D eigenvalue weighted by Gasteiger charge is -2.30. The van der Waals surface area contributed by atoms with Crippen molar-refractivity contribution in [2.75, 3.05) is 46.9 Å². The van der Waals surface area contributed by atoms with Crippen molar-refractivity contribution in [2.45, 2.75) is 26.2 Å². The number of nitrogens with one attached hydrogen (secondary N) is 1. The number of benzene rings is 1. The standard InChI is InChI=1S/C20H28N4O4/c1-4-27-17-14-15(8-9-16(17)26-3)20-21-18(28-22-20)6-5-7-19(25)24-12-10-23(2)11-13-24/h8-9,14H,4-7,10-13H2,1-3H3/p+1. The molecule has 28 heavy (non-hydrogen) atoms. The van der Waals surface area contributed by atoms with E-state index in [-0.39, 0.29) is 5.91 Å². The van der Waals surface area contributed by atoms with Gasteiger partial charge in [-0.1, -0.05) is 5.16 Å². The van der Waals surface area contributed by atoms with Crippen molar-refractivity contribution in [1.29, 1.82) is 0 Å². The maximum atomic E-state index is 12.3. The minimum atomic E-state index is 0.212. The van der Waals surface area contributed by atoms with Crippen LogP contribution in [-0.4, -0.2) is 67.9 Å². The summed E-state index contributed by atoms with van der Waals surface area (Å²) in [5.74, 6) is 2.57. The molecule has 0 saturated carbocycles. The van der Waals surface area contributed by atoms with Crippen LogP contribution in [0.25, 0.3) is 11.4 Å². The van der Waals surface area contributed by atoms with Gasteiger partial charge in [-0.25, -0.2) is 0 Å². The number of rotatable bonds is 8. The summed E-state index contributed by atoms with van der Waals surface area (Å²) >= 11 is 0. The van der Waals surface area contributed by atoms with Crippen LogP contribution < -0.4 is 14.4 Å². The summed E-state index contributed by atoms with van der Waals surface area (Å²) in [6.45, 7) is 6.18. The lowest BCUT2D eigenvalue weighted by molar-refractivity contribution is -0.883. The van der Waals surface area contributed by atoms with E-state index in [1.54, 1.807) is 7.11 Å². The number of hydrogen-bond acceptors (Lipinski definition) is 6. The average Bonchev–Trinajstić information content (AvgIpc) is 3.17. The SMILES string of the molecule is CCOc1cc(-c2noc(CCCC(=O)N3CC[NH+](C)CC3)n2)ccc1OC. The summed E-state index contributed by atoms with van der Waals surface area (Å²) in [7, 11) is 3.77.